The second-order valence-electron chi connectivity index (χ2n) is 20.1. The molecule has 5 fully saturated rings. The van der Waals surface area contributed by atoms with Crippen LogP contribution in [0.2, 0.25) is 19.6 Å². The lowest BCUT2D eigenvalue weighted by Crippen LogP contribution is -2.51. The van der Waals surface area contributed by atoms with Crippen LogP contribution < -0.4 is 0 Å². The zero-order valence-electron chi connectivity index (χ0n) is 33.1. The molecule has 9 unspecified atom stereocenters. The van der Waals surface area contributed by atoms with Crippen LogP contribution in [0.4, 0.5) is 0 Å². The Kier molecular flexibility index (Phi) is 11.5. The minimum Gasteiger partial charge on any atom is -0.376 e. The molecule has 9 atom stereocenters. The molecular formula is C47H73NOSi. The van der Waals surface area contributed by atoms with E-state index in [9.17, 15) is 0 Å². The number of rotatable bonds is 13. The van der Waals surface area contributed by atoms with Gasteiger partial charge in [0.2, 0.25) is 0 Å². The average molecular weight is 696 g/mol. The van der Waals surface area contributed by atoms with Gasteiger partial charge in [-0.25, -0.2) is 0 Å². The van der Waals surface area contributed by atoms with E-state index in [4.69, 9.17) is 4.74 Å². The molecule has 7 rings (SSSR count). The van der Waals surface area contributed by atoms with Crippen LogP contribution in [0, 0.1) is 41.4 Å². The molecule has 0 amide bonds. The number of likely N-dealkylation sites (tertiary alicyclic amines) is 1. The first kappa shape index (κ1) is 36.9. The molecule has 0 aromatic heterocycles. The second-order valence-corrected chi connectivity index (χ2v) is 25.5. The molecule has 0 spiro atoms. The molecular weight excluding hydrogens is 623 g/mol. The summed E-state index contributed by atoms with van der Waals surface area (Å²) in [7, 11) is -1.26. The van der Waals surface area contributed by atoms with Crippen molar-refractivity contribution in [3.05, 3.63) is 71.8 Å². The van der Waals surface area contributed by atoms with Gasteiger partial charge in [0.1, 0.15) is 0 Å². The molecule has 0 bridgehead atoms. The van der Waals surface area contributed by atoms with Gasteiger partial charge in [0.05, 0.1) is 13.7 Å². The molecule has 5 aliphatic rings. The van der Waals surface area contributed by atoms with Crippen molar-refractivity contribution in [3.63, 3.8) is 0 Å². The third-order valence-corrected chi connectivity index (χ3v) is 15.9. The van der Waals surface area contributed by atoms with Crippen molar-refractivity contribution in [3.8, 4) is 0 Å². The lowest BCUT2D eigenvalue weighted by atomic mass is 9.51. The maximum absolute atomic E-state index is 6.02. The summed E-state index contributed by atoms with van der Waals surface area (Å²) in [6.07, 6.45) is 24.1. The number of benzene rings is 2. The summed E-state index contributed by atoms with van der Waals surface area (Å²) in [5.74, 6) is 5.87. The van der Waals surface area contributed by atoms with E-state index in [0.29, 0.717) is 0 Å². The second kappa shape index (κ2) is 15.5. The van der Waals surface area contributed by atoms with Gasteiger partial charge in [-0.3, -0.25) is 4.90 Å². The summed E-state index contributed by atoms with van der Waals surface area (Å²) in [6, 6.07) is 26.2. The fraction of sp³-hybridized carbons (Fsp3) is 0.745. The van der Waals surface area contributed by atoms with Gasteiger partial charge in [0.15, 0.2) is 0 Å². The standard InChI is InChI=1S/C47H73NOSi/c1-46(2,3)49-32-20-8-7-11-21-35-30-31-38(33-35)47(36-22-12-9-13-23-36,37-24-14-10-15-25-37)44-39-26-16-17-27-40(39)45-43(44)41-28-18-19-29-42(41)48(45)34-50(4,5)6/h9-10,12-15,22-25,35,38-45H,7-8,11,16-21,26-34H2,1-6H3. The third-order valence-electron chi connectivity index (χ3n) is 14.6. The number of nitrogens with zero attached hydrogens (tertiary/aromatic N) is 1. The Labute approximate surface area is 308 Å². The van der Waals surface area contributed by atoms with Crippen LogP contribution in [0.5, 0.6) is 0 Å². The van der Waals surface area contributed by atoms with Gasteiger partial charge in [0.25, 0.3) is 0 Å². The van der Waals surface area contributed by atoms with Crippen LogP contribution in [0.25, 0.3) is 0 Å². The monoisotopic (exact) mass is 696 g/mol. The molecule has 4 aliphatic carbocycles. The Morgan fingerprint density at radius 2 is 1.28 bits per heavy atom. The molecule has 0 N–H and O–H groups in total. The van der Waals surface area contributed by atoms with Crippen molar-refractivity contribution in [1.29, 1.82) is 0 Å². The van der Waals surface area contributed by atoms with Gasteiger partial charge < -0.3 is 4.74 Å². The summed E-state index contributed by atoms with van der Waals surface area (Å²) in [5, 5.41) is 0. The van der Waals surface area contributed by atoms with E-state index in [0.717, 1.165) is 60.1 Å². The van der Waals surface area contributed by atoms with Crippen molar-refractivity contribution < 1.29 is 4.74 Å². The predicted octanol–water partition coefficient (Wildman–Crippen LogP) is 12.3. The number of fused-ring (bicyclic) bond motifs is 5. The minimum absolute atomic E-state index is 0.0111. The molecule has 4 saturated carbocycles. The van der Waals surface area contributed by atoms with Gasteiger partial charge in [0, 0.05) is 24.1 Å². The number of hydrogen-bond acceptors (Lipinski definition) is 2. The van der Waals surface area contributed by atoms with E-state index >= 15 is 0 Å². The number of ether oxygens (including phenoxy) is 1. The SMILES string of the molecule is CC(C)(C)OCCCCCCC1CCC(C(c2ccccc2)(c2ccccc2)C2C3CCCCC3C3C2C2CCCCC2N3C[Si](C)(C)C)C1. The molecule has 3 heteroatoms. The summed E-state index contributed by atoms with van der Waals surface area (Å²) < 4.78 is 6.02. The summed E-state index contributed by atoms with van der Waals surface area (Å²) in [6.45, 7) is 15.4. The zero-order chi connectivity index (χ0) is 34.9. The maximum atomic E-state index is 6.02. The van der Waals surface area contributed by atoms with Crippen molar-refractivity contribution in [2.75, 3.05) is 12.8 Å². The van der Waals surface area contributed by atoms with Gasteiger partial charge in [-0.2, -0.15) is 0 Å². The van der Waals surface area contributed by atoms with Crippen LogP contribution in [-0.4, -0.2) is 43.4 Å². The number of unbranched alkanes of at least 4 members (excludes halogenated alkanes) is 3. The van der Waals surface area contributed by atoms with Crippen LogP contribution in [0.15, 0.2) is 60.7 Å². The first-order chi connectivity index (χ1) is 24.1. The van der Waals surface area contributed by atoms with Crippen LogP contribution in [-0.2, 0) is 10.2 Å². The highest BCUT2D eigenvalue weighted by Crippen LogP contribution is 2.68. The summed E-state index contributed by atoms with van der Waals surface area (Å²) in [5.41, 5.74) is 3.43. The topological polar surface area (TPSA) is 12.5 Å². The van der Waals surface area contributed by atoms with Crippen LogP contribution in [0.3, 0.4) is 0 Å². The van der Waals surface area contributed by atoms with Gasteiger partial charge in [-0.1, -0.05) is 138 Å². The van der Waals surface area contributed by atoms with Crippen molar-refractivity contribution in [2.24, 2.45) is 41.4 Å². The Hall–Kier alpha value is -1.42. The molecule has 1 aliphatic heterocycles. The Morgan fingerprint density at radius 1 is 0.680 bits per heavy atom. The fourth-order valence-corrected chi connectivity index (χ4v) is 14.7. The van der Waals surface area contributed by atoms with E-state index in [2.05, 4.69) is 106 Å². The van der Waals surface area contributed by atoms with E-state index in [1.165, 1.54) is 109 Å². The highest BCUT2D eigenvalue weighted by Gasteiger charge is 2.68. The lowest BCUT2D eigenvalue weighted by molar-refractivity contribution is -0.00476. The first-order valence-corrected chi connectivity index (χ1v) is 25.3. The quantitative estimate of drug-likeness (QED) is 0.153. The van der Waals surface area contributed by atoms with E-state index in [-0.39, 0.29) is 11.0 Å². The van der Waals surface area contributed by atoms with E-state index < -0.39 is 8.07 Å². The molecule has 0 radical (unpaired) electrons. The van der Waals surface area contributed by atoms with Gasteiger partial charge >= 0.3 is 0 Å². The minimum atomic E-state index is -1.26. The summed E-state index contributed by atoms with van der Waals surface area (Å²) in [4.78, 5) is 3.26. The normalized spacial score (nSPS) is 33.3. The average Bonchev–Trinajstić information content (AvgIpc) is 3.79. The highest BCUT2D eigenvalue weighted by atomic mass is 28.3. The maximum Gasteiger partial charge on any atom is 0.0599 e. The van der Waals surface area contributed by atoms with Crippen LogP contribution in [0.1, 0.15) is 135 Å². The summed E-state index contributed by atoms with van der Waals surface area (Å²) >= 11 is 0. The van der Waals surface area contributed by atoms with Crippen molar-refractivity contribution in [2.45, 2.75) is 166 Å². The molecule has 1 heterocycles. The predicted molar refractivity (Wildman–Crippen MR) is 215 cm³/mol. The van der Waals surface area contributed by atoms with E-state index in [1.54, 1.807) is 11.1 Å². The Morgan fingerprint density at radius 3 is 1.92 bits per heavy atom. The molecule has 50 heavy (non-hydrogen) atoms. The highest BCUT2D eigenvalue weighted by molar-refractivity contribution is 6.76. The third kappa shape index (κ3) is 7.50. The van der Waals surface area contributed by atoms with E-state index in [1.807, 2.05) is 0 Å². The van der Waals surface area contributed by atoms with Crippen molar-refractivity contribution in [1.82, 2.24) is 4.90 Å². The van der Waals surface area contributed by atoms with Gasteiger partial charge in [-0.05, 0) is 124 Å². The smallest absolute Gasteiger partial charge is 0.0599 e. The zero-order valence-corrected chi connectivity index (χ0v) is 34.1. The molecule has 1 saturated heterocycles. The number of hydrogen-bond donors (Lipinski definition) is 0. The molecule has 2 aromatic rings. The van der Waals surface area contributed by atoms with Crippen LogP contribution >= 0.6 is 0 Å². The Bertz CT molecular complexity index is 1300. The molecule has 276 valence electrons. The molecule has 2 aromatic carbocycles. The largest absolute Gasteiger partial charge is 0.376 e. The molecule has 2 nitrogen and oxygen atoms in total. The lowest BCUT2D eigenvalue weighted by Gasteiger charge is -2.52. The van der Waals surface area contributed by atoms with Gasteiger partial charge in [-0.15, -0.1) is 0 Å². The Balaban J connectivity index is 1.24. The van der Waals surface area contributed by atoms with Crippen molar-refractivity contribution >= 4 is 8.07 Å². The first-order valence-electron chi connectivity index (χ1n) is 21.6. The fourth-order valence-electron chi connectivity index (χ4n) is 13.2.